The van der Waals surface area contributed by atoms with Gasteiger partial charge in [0.2, 0.25) is 0 Å². The summed E-state index contributed by atoms with van der Waals surface area (Å²) in [6.07, 6.45) is 1.42. The van der Waals surface area contributed by atoms with Crippen molar-refractivity contribution >= 4 is 21.6 Å². The summed E-state index contributed by atoms with van der Waals surface area (Å²) >= 11 is 1.55. The Hall–Kier alpha value is -4.56. The molecule has 0 fully saturated rings. The molecule has 1 atom stereocenters. The Labute approximate surface area is 285 Å². The molecule has 48 heavy (non-hydrogen) atoms. The van der Waals surface area contributed by atoms with Crippen molar-refractivity contribution < 1.29 is 13.9 Å². The van der Waals surface area contributed by atoms with Gasteiger partial charge in [0.15, 0.2) is 5.43 Å². The SMILES string of the molecule is COc1ccccc1-c1sc2c(c1CN(C)Cc1ccccc1)c(=O)c(C(OCc1ccccc1)C(C)C)cn2Cc1ccccc1F. The Morgan fingerprint density at radius 2 is 1.48 bits per heavy atom. The van der Waals surface area contributed by atoms with Gasteiger partial charge in [0, 0.05) is 40.9 Å². The first-order chi connectivity index (χ1) is 23.3. The maximum Gasteiger partial charge on any atom is 0.196 e. The molecule has 246 valence electrons. The van der Waals surface area contributed by atoms with Gasteiger partial charge in [-0.2, -0.15) is 0 Å². The summed E-state index contributed by atoms with van der Waals surface area (Å²) in [5, 5.41) is 0.642. The minimum Gasteiger partial charge on any atom is -0.496 e. The van der Waals surface area contributed by atoms with Crippen LogP contribution in [0.4, 0.5) is 4.39 Å². The second-order valence-electron chi connectivity index (χ2n) is 12.5. The molecule has 2 heterocycles. The number of nitrogens with zero attached hydrogens (tertiary/aromatic N) is 2. The molecule has 0 radical (unpaired) electrons. The van der Waals surface area contributed by atoms with Crippen molar-refractivity contribution in [2.45, 2.75) is 46.2 Å². The van der Waals surface area contributed by atoms with Crippen LogP contribution in [0.5, 0.6) is 5.75 Å². The molecular weight excluding hydrogens is 620 g/mol. The lowest BCUT2D eigenvalue weighted by Crippen LogP contribution is -2.24. The number of fused-ring (bicyclic) bond motifs is 1. The minimum absolute atomic E-state index is 0.0114. The zero-order chi connectivity index (χ0) is 33.6. The van der Waals surface area contributed by atoms with Gasteiger partial charge in [-0.1, -0.05) is 105 Å². The molecule has 0 aliphatic heterocycles. The Bertz CT molecular complexity index is 2040. The minimum atomic E-state index is -0.474. The van der Waals surface area contributed by atoms with Crippen LogP contribution in [0.25, 0.3) is 20.7 Å². The Balaban J connectivity index is 1.57. The number of benzene rings is 4. The molecule has 0 N–H and O–H groups in total. The topological polar surface area (TPSA) is 43.7 Å². The maximum absolute atomic E-state index is 15.2. The molecular formula is C41H41FN2O3S. The molecule has 0 spiro atoms. The van der Waals surface area contributed by atoms with E-state index in [2.05, 4.69) is 37.9 Å². The van der Waals surface area contributed by atoms with Crippen LogP contribution in [0.15, 0.2) is 120 Å². The van der Waals surface area contributed by atoms with Gasteiger partial charge in [-0.3, -0.25) is 9.69 Å². The summed E-state index contributed by atoms with van der Waals surface area (Å²) in [5.41, 5.74) is 5.14. The molecule has 2 aromatic heterocycles. The first-order valence-electron chi connectivity index (χ1n) is 16.3. The van der Waals surface area contributed by atoms with Crippen molar-refractivity contribution in [2.24, 2.45) is 5.92 Å². The van der Waals surface area contributed by atoms with Crippen molar-refractivity contribution in [2.75, 3.05) is 14.2 Å². The van der Waals surface area contributed by atoms with Gasteiger partial charge in [-0.25, -0.2) is 4.39 Å². The quantitative estimate of drug-likeness (QED) is 0.124. The fourth-order valence-corrected chi connectivity index (χ4v) is 7.59. The number of rotatable bonds is 13. The molecule has 6 aromatic rings. The predicted octanol–water partition coefficient (Wildman–Crippen LogP) is 9.47. The third-order valence-electron chi connectivity index (χ3n) is 8.59. The van der Waals surface area contributed by atoms with Crippen LogP contribution in [0, 0.1) is 11.7 Å². The second-order valence-corrected chi connectivity index (χ2v) is 13.5. The first-order valence-corrected chi connectivity index (χ1v) is 17.1. The number of para-hydroxylation sites is 1. The molecule has 0 saturated heterocycles. The number of ether oxygens (including phenoxy) is 2. The summed E-state index contributed by atoms with van der Waals surface area (Å²) < 4.78 is 29.6. The summed E-state index contributed by atoms with van der Waals surface area (Å²) in [4.78, 5) is 18.9. The van der Waals surface area contributed by atoms with E-state index >= 15 is 4.39 Å². The third kappa shape index (κ3) is 7.29. The van der Waals surface area contributed by atoms with E-state index in [-0.39, 0.29) is 23.7 Å². The van der Waals surface area contributed by atoms with E-state index in [1.807, 2.05) is 89.6 Å². The van der Waals surface area contributed by atoms with Gasteiger partial charge in [-0.05, 0) is 47.9 Å². The monoisotopic (exact) mass is 660 g/mol. The highest BCUT2D eigenvalue weighted by Gasteiger charge is 2.28. The number of pyridine rings is 1. The van der Waals surface area contributed by atoms with Crippen molar-refractivity contribution in [3.05, 3.63) is 159 Å². The highest BCUT2D eigenvalue weighted by molar-refractivity contribution is 7.22. The predicted molar refractivity (Wildman–Crippen MR) is 194 cm³/mol. The third-order valence-corrected chi connectivity index (χ3v) is 9.89. The fraction of sp³-hybridized carbons (Fsp3) is 0.244. The standard InChI is InChI=1S/C41H41FN2O3S/c1-28(2)39(47-27-30-17-9-6-10-18-30)34-26-44(24-31-19-11-13-21-35(31)42)41-37(38(34)45)33(25-43(3)23-29-15-7-5-8-16-29)40(48-41)32-20-12-14-22-36(32)46-4/h5-22,26,28,39H,23-25,27H2,1-4H3. The van der Waals surface area contributed by atoms with E-state index in [0.29, 0.717) is 36.2 Å². The van der Waals surface area contributed by atoms with E-state index in [0.717, 1.165) is 32.1 Å². The van der Waals surface area contributed by atoms with Gasteiger partial charge in [0.05, 0.1) is 31.8 Å². The summed E-state index contributed by atoms with van der Waals surface area (Å²) in [6.45, 7) is 6.02. The largest absolute Gasteiger partial charge is 0.496 e. The van der Waals surface area contributed by atoms with E-state index in [1.165, 1.54) is 11.6 Å². The lowest BCUT2D eigenvalue weighted by atomic mass is 9.97. The molecule has 0 saturated carbocycles. The second kappa shape index (κ2) is 15.1. The zero-order valence-corrected chi connectivity index (χ0v) is 28.7. The fourth-order valence-electron chi connectivity index (χ4n) is 6.27. The van der Waals surface area contributed by atoms with E-state index in [4.69, 9.17) is 9.47 Å². The van der Waals surface area contributed by atoms with E-state index in [9.17, 15) is 4.79 Å². The van der Waals surface area contributed by atoms with Gasteiger partial charge < -0.3 is 14.0 Å². The molecule has 0 amide bonds. The number of thiophene rings is 1. The average Bonchev–Trinajstić information content (AvgIpc) is 3.47. The molecule has 0 aliphatic carbocycles. The van der Waals surface area contributed by atoms with Crippen molar-refractivity contribution in [1.29, 1.82) is 0 Å². The van der Waals surface area contributed by atoms with Gasteiger partial charge in [-0.15, -0.1) is 11.3 Å². The average molecular weight is 661 g/mol. The molecule has 7 heteroatoms. The smallest absolute Gasteiger partial charge is 0.196 e. The Morgan fingerprint density at radius 3 is 2.17 bits per heavy atom. The van der Waals surface area contributed by atoms with Crippen LogP contribution in [0.1, 0.15) is 47.8 Å². The summed E-state index contributed by atoms with van der Waals surface area (Å²) in [7, 11) is 3.74. The Kier molecular flexibility index (Phi) is 10.5. The lowest BCUT2D eigenvalue weighted by molar-refractivity contribution is 0.00809. The van der Waals surface area contributed by atoms with E-state index in [1.54, 1.807) is 30.6 Å². The molecule has 1 unspecified atom stereocenters. The van der Waals surface area contributed by atoms with Crippen LogP contribution in [0.3, 0.4) is 0 Å². The number of methoxy groups -OCH3 is 1. The van der Waals surface area contributed by atoms with Gasteiger partial charge in [0.25, 0.3) is 0 Å². The number of hydrogen-bond donors (Lipinski definition) is 0. The van der Waals surface area contributed by atoms with Crippen LogP contribution in [-0.4, -0.2) is 23.6 Å². The van der Waals surface area contributed by atoms with Gasteiger partial charge >= 0.3 is 0 Å². The summed E-state index contributed by atoms with van der Waals surface area (Å²) in [5.74, 6) is 0.462. The van der Waals surface area contributed by atoms with Crippen LogP contribution < -0.4 is 10.2 Å². The van der Waals surface area contributed by atoms with Crippen molar-refractivity contribution in [3.8, 4) is 16.2 Å². The van der Waals surface area contributed by atoms with Crippen LogP contribution in [0.2, 0.25) is 0 Å². The van der Waals surface area contributed by atoms with Gasteiger partial charge in [0.1, 0.15) is 16.4 Å². The zero-order valence-electron chi connectivity index (χ0n) is 27.9. The first kappa shape index (κ1) is 33.3. The van der Waals surface area contributed by atoms with Crippen LogP contribution in [-0.2, 0) is 31.0 Å². The van der Waals surface area contributed by atoms with Crippen molar-refractivity contribution in [3.63, 3.8) is 0 Å². The van der Waals surface area contributed by atoms with Crippen molar-refractivity contribution in [1.82, 2.24) is 9.47 Å². The Morgan fingerprint density at radius 1 is 0.833 bits per heavy atom. The lowest BCUT2D eigenvalue weighted by Gasteiger charge is -2.24. The maximum atomic E-state index is 15.2. The van der Waals surface area contributed by atoms with Crippen LogP contribution >= 0.6 is 11.3 Å². The molecule has 5 nitrogen and oxygen atoms in total. The molecule has 4 aromatic carbocycles. The van der Waals surface area contributed by atoms with E-state index < -0.39 is 6.10 Å². The molecule has 6 rings (SSSR count). The molecule has 0 aliphatic rings. The number of halogens is 1. The normalized spacial score (nSPS) is 12.2. The number of hydrogen-bond acceptors (Lipinski definition) is 5. The highest BCUT2D eigenvalue weighted by Crippen LogP contribution is 2.43. The molecule has 0 bridgehead atoms. The number of aromatic nitrogens is 1. The summed E-state index contributed by atoms with van der Waals surface area (Å²) in [6, 6.07) is 35.1. The highest BCUT2D eigenvalue weighted by atomic mass is 32.1.